The van der Waals surface area contributed by atoms with E-state index in [4.69, 9.17) is 15.9 Å². The molecule has 0 unspecified atom stereocenters. The molecule has 0 saturated heterocycles. The molecule has 0 saturated carbocycles. The number of ether oxygens (including phenoxy) is 2. The van der Waals surface area contributed by atoms with Crippen LogP contribution in [0.2, 0.25) is 0 Å². The number of carbonyl (C=O) groups is 3. The van der Waals surface area contributed by atoms with E-state index in [1.54, 1.807) is 31.4 Å². The molecule has 7 heteroatoms. The maximum Gasteiger partial charge on any atom is 0.339 e. The van der Waals surface area contributed by atoms with Gasteiger partial charge in [-0.15, -0.1) is 6.42 Å². The van der Waals surface area contributed by atoms with E-state index in [9.17, 15) is 14.4 Å². The summed E-state index contributed by atoms with van der Waals surface area (Å²) in [6.45, 7) is 5.06. The lowest BCUT2D eigenvalue weighted by Crippen LogP contribution is -2.29. The van der Waals surface area contributed by atoms with Crippen molar-refractivity contribution in [1.29, 1.82) is 0 Å². The van der Waals surface area contributed by atoms with Crippen LogP contribution in [0.15, 0.2) is 6.07 Å². The van der Waals surface area contributed by atoms with E-state index in [2.05, 4.69) is 11.2 Å². The number of carbonyl (C=O) groups excluding carboxylic acids is 3. The van der Waals surface area contributed by atoms with Crippen LogP contribution in [0.25, 0.3) is 0 Å². The standard InChI is InChI=1S/C16H20N2O5/c1-5-7-17-14(19)10-23-15(20)9-18-11(3)8-13(12(18)4)16(21)22-6-2/h1,8H,6-7,9-10H2,2-4H3,(H,17,19). The van der Waals surface area contributed by atoms with E-state index < -0.39 is 24.5 Å². The second-order valence-corrected chi connectivity index (χ2v) is 4.73. The van der Waals surface area contributed by atoms with Crippen molar-refractivity contribution < 1.29 is 23.9 Å². The van der Waals surface area contributed by atoms with Crippen LogP contribution in [0.4, 0.5) is 0 Å². The SMILES string of the molecule is C#CCNC(=O)COC(=O)Cn1c(C)cc(C(=O)OCC)c1C. The van der Waals surface area contributed by atoms with Crippen molar-refractivity contribution >= 4 is 17.8 Å². The molecule has 0 bridgehead atoms. The molecule has 1 N–H and O–H groups in total. The molecule has 0 spiro atoms. The summed E-state index contributed by atoms with van der Waals surface area (Å²) in [7, 11) is 0. The third-order valence-corrected chi connectivity index (χ3v) is 3.11. The van der Waals surface area contributed by atoms with Crippen LogP contribution in [-0.4, -0.2) is 42.2 Å². The Kier molecular flexibility index (Phi) is 6.87. The Morgan fingerprint density at radius 2 is 2.00 bits per heavy atom. The summed E-state index contributed by atoms with van der Waals surface area (Å²) in [6.07, 6.45) is 5.00. The molecule has 0 aliphatic heterocycles. The van der Waals surface area contributed by atoms with Gasteiger partial charge in [-0.05, 0) is 26.8 Å². The summed E-state index contributed by atoms with van der Waals surface area (Å²) in [5.41, 5.74) is 1.73. The fraction of sp³-hybridized carbons (Fsp3) is 0.438. The maximum absolute atomic E-state index is 11.8. The van der Waals surface area contributed by atoms with Crippen LogP contribution in [0, 0.1) is 26.2 Å². The van der Waals surface area contributed by atoms with Gasteiger partial charge in [0.15, 0.2) is 6.61 Å². The summed E-state index contributed by atoms with van der Waals surface area (Å²) < 4.78 is 11.5. The van der Waals surface area contributed by atoms with Gasteiger partial charge in [0.1, 0.15) is 6.54 Å². The van der Waals surface area contributed by atoms with E-state index in [0.29, 0.717) is 11.3 Å². The highest BCUT2D eigenvalue weighted by Gasteiger charge is 2.18. The van der Waals surface area contributed by atoms with Crippen LogP contribution < -0.4 is 5.32 Å². The number of esters is 2. The van der Waals surface area contributed by atoms with Gasteiger partial charge in [0.25, 0.3) is 5.91 Å². The Balaban J connectivity index is 2.67. The largest absolute Gasteiger partial charge is 0.462 e. The topological polar surface area (TPSA) is 86.6 Å². The average molecular weight is 320 g/mol. The van der Waals surface area contributed by atoms with Crippen molar-refractivity contribution in [2.75, 3.05) is 19.8 Å². The Bertz CT molecular complexity index is 640. The highest BCUT2D eigenvalue weighted by molar-refractivity contribution is 5.91. The Hall–Kier alpha value is -2.75. The number of aromatic nitrogens is 1. The van der Waals surface area contributed by atoms with Crippen molar-refractivity contribution in [3.8, 4) is 12.3 Å². The van der Waals surface area contributed by atoms with Gasteiger partial charge in [-0.3, -0.25) is 9.59 Å². The number of nitrogens with zero attached hydrogens (tertiary/aromatic N) is 1. The first kappa shape index (κ1) is 18.3. The van der Waals surface area contributed by atoms with Crippen molar-refractivity contribution in [3.05, 3.63) is 23.0 Å². The summed E-state index contributed by atoms with van der Waals surface area (Å²) >= 11 is 0. The molecule has 0 aliphatic rings. The molecule has 23 heavy (non-hydrogen) atoms. The molecular weight excluding hydrogens is 300 g/mol. The smallest absolute Gasteiger partial charge is 0.339 e. The van der Waals surface area contributed by atoms with Crippen LogP contribution in [-0.2, 0) is 25.6 Å². The molecule has 124 valence electrons. The van der Waals surface area contributed by atoms with Crippen LogP contribution in [0.5, 0.6) is 0 Å². The predicted octanol–water partition coefficient (Wildman–Crippen LogP) is 0.574. The monoisotopic (exact) mass is 320 g/mol. The van der Waals surface area contributed by atoms with Gasteiger partial charge in [-0.1, -0.05) is 5.92 Å². The number of aryl methyl sites for hydroxylation is 1. The van der Waals surface area contributed by atoms with E-state index in [-0.39, 0.29) is 19.7 Å². The highest BCUT2D eigenvalue weighted by atomic mass is 16.5. The van der Waals surface area contributed by atoms with Gasteiger partial charge in [0.2, 0.25) is 0 Å². The lowest BCUT2D eigenvalue weighted by atomic mass is 10.2. The number of amides is 1. The Morgan fingerprint density at radius 1 is 1.30 bits per heavy atom. The quantitative estimate of drug-likeness (QED) is 0.586. The zero-order valence-electron chi connectivity index (χ0n) is 13.5. The lowest BCUT2D eigenvalue weighted by Gasteiger charge is -2.10. The first-order valence-electron chi connectivity index (χ1n) is 7.10. The number of rotatable bonds is 7. The van der Waals surface area contributed by atoms with Gasteiger partial charge in [-0.2, -0.15) is 0 Å². The van der Waals surface area contributed by atoms with Crippen LogP contribution in [0.3, 0.4) is 0 Å². The zero-order valence-corrected chi connectivity index (χ0v) is 13.5. The number of terminal acetylenes is 1. The van der Waals surface area contributed by atoms with Crippen LogP contribution in [0.1, 0.15) is 28.7 Å². The van der Waals surface area contributed by atoms with Gasteiger partial charge < -0.3 is 19.4 Å². The normalized spacial score (nSPS) is 9.83. The molecule has 1 aromatic heterocycles. The fourth-order valence-electron chi connectivity index (χ4n) is 1.98. The minimum absolute atomic E-state index is 0.0785. The molecular formula is C16H20N2O5. The third kappa shape index (κ3) is 5.18. The molecule has 0 fully saturated rings. The molecule has 1 aromatic rings. The van der Waals surface area contributed by atoms with Crippen molar-refractivity contribution in [2.45, 2.75) is 27.3 Å². The molecule has 0 radical (unpaired) electrons. The number of hydrogen-bond acceptors (Lipinski definition) is 5. The van der Waals surface area contributed by atoms with E-state index in [1.807, 2.05) is 0 Å². The van der Waals surface area contributed by atoms with E-state index >= 15 is 0 Å². The summed E-state index contributed by atoms with van der Waals surface area (Å²) in [5, 5.41) is 2.39. The van der Waals surface area contributed by atoms with Crippen LogP contribution >= 0.6 is 0 Å². The van der Waals surface area contributed by atoms with Gasteiger partial charge in [0.05, 0.1) is 18.7 Å². The van der Waals surface area contributed by atoms with Gasteiger partial charge in [-0.25, -0.2) is 4.79 Å². The van der Waals surface area contributed by atoms with Gasteiger partial charge >= 0.3 is 11.9 Å². The van der Waals surface area contributed by atoms with Crippen molar-refractivity contribution in [2.24, 2.45) is 0 Å². The molecule has 0 atom stereocenters. The lowest BCUT2D eigenvalue weighted by molar-refractivity contribution is -0.149. The van der Waals surface area contributed by atoms with Gasteiger partial charge in [0, 0.05) is 11.4 Å². The first-order chi connectivity index (χ1) is 10.9. The average Bonchev–Trinajstić information content (AvgIpc) is 2.79. The van der Waals surface area contributed by atoms with Crippen molar-refractivity contribution in [3.63, 3.8) is 0 Å². The Labute approximate surface area is 134 Å². The maximum atomic E-state index is 11.8. The molecule has 1 rings (SSSR count). The molecule has 0 aromatic carbocycles. The molecule has 0 aliphatic carbocycles. The Morgan fingerprint density at radius 3 is 2.61 bits per heavy atom. The summed E-state index contributed by atoms with van der Waals surface area (Å²) in [5.74, 6) is 0.755. The molecule has 1 heterocycles. The second kappa shape index (κ2) is 8.63. The predicted molar refractivity (Wildman–Crippen MR) is 82.7 cm³/mol. The molecule has 1 amide bonds. The summed E-state index contributed by atoms with van der Waals surface area (Å²) in [6, 6.07) is 1.65. The van der Waals surface area contributed by atoms with E-state index in [1.165, 1.54) is 0 Å². The highest BCUT2D eigenvalue weighted by Crippen LogP contribution is 2.16. The first-order valence-corrected chi connectivity index (χ1v) is 7.10. The third-order valence-electron chi connectivity index (χ3n) is 3.11. The number of hydrogen-bond donors (Lipinski definition) is 1. The molecule has 7 nitrogen and oxygen atoms in total. The zero-order chi connectivity index (χ0) is 17.4. The summed E-state index contributed by atoms with van der Waals surface area (Å²) in [4.78, 5) is 34.9. The number of nitrogens with one attached hydrogen (secondary N) is 1. The van der Waals surface area contributed by atoms with Crippen molar-refractivity contribution in [1.82, 2.24) is 9.88 Å². The minimum Gasteiger partial charge on any atom is -0.462 e. The fourth-order valence-corrected chi connectivity index (χ4v) is 1.98. The minimum atomic E-state index is -0.585. The van der Waals surface area contributed by atoms with E-state index in [0.717, 1.165) is 5.69 Å². The second-order valence-electron chi connectivity index (χ2n) is 4.73.